The van der Waals surface area contributed by atoms with Gasteiger partial charge >= 0.3 is 5.97 Å². The molecule has 0 bridgehead atoms. The number of hydrogen-bond acceptors (Lipinski definition) is 3. The Bertz CT molecular complexity index is 613. The molecule has 0 heterocycles. The number of rotatable bonds is 5. The second-order valence-corrected chi connectivity index (χ2v) is 10.2. The summed E-state index contributed by atoms with van der Waals surface area (Å²) < 4.78 is 11.6. The topological polar surface area (TPSA) is 35.5 Å². The molecule has 0 N–H and O–H groups in total. The van der Waals surface area contributed by atoms with E-state index in [9.17, 15) is 4.79 Å². The van der Waals surface area contributed by atoms with E-state index < -0.39 is 5.60 Å². The Hall–Kier alpha value is -1.51. The van der Waals surface area contributed by atoms with E-state index in [0.29, 0.717) is 11.8 Å². The van der Waals surface area contributed by atoms with Crippen LogP contribution in [0.2, 0.25) is 0 Å². The molecule has 0 saturated heterocycles. The fourth-order valence-corrected chi connectivity index (χ4v) is 3.54. The van der Waals surface area contributed by atoms with E-state index in [-0.39, 0.29) is 17.3 Å². The monoisotopic (exact) mass is 374 g/mol. The summed E-state index contributed by atoms with van der Waals surface area (Å²) in [4.78, 5) is 12.2. The number of hydrogen-bond donors (Lipinski definition) is 0. The predicted molar refractivity (Wildman–Crippen MR) is 111 cm³/mol. The second kappa shape index (κ2) is 8.67. The van der Waals surface area contributed by atoms with Crippen LogP contribution in [0.4, 0.5) is 0 Å². The highest BCUT2D eigenvalue weighted by atomic mass is 16.6. The first-order chi connectivity index (χ1) is 12.5. The fraction of sp³-hybridized carbons (Fsp3) is 0.708. The summed E-state index contributed by atoms with van der Waals surface area (Å²) in [5.41, 5.74) is 1.17. The van der Waals surface area contributed by atoms with Crippen LogP contribution < -0.4 is 4.74 Å². The molecule has 1 aromatic carbocycles. The van der Waals surface area contributed by atoms with E-state index in [0.717, 1.165) is 38.0 Å². The Labute approximate surface area is 165 Å². The maximum absolute atomic E-state index is 12.2. The van der Waals surface area contributed by atoms with Crippen LogP contribution in [-0.4, -0.2) is 18.2 Å². The standard InChI is InChI=1S/C24H38O3/c1-17(23(2,3)4)20-9-8-10-21(15-20)26-16-18-11-13-19(14-12-18)22(25)27-24(5,6)7/h8-10,15,17-19H,11-14,16H2,1-7H3. The van der Waals surface area contributed by atoms with Crippen molar-refractivity contribution in [3.05, 3.63) is 29.8 Å². The predicted octanol–water partition coefficient (Wildman–Crippen LogP) is 6.36. The van der Waals surface area contributed by atoms with Crippen LogP contribution in [-0.2, 0) is 9.53 Å². The SMILES string of the molecule is CC(c1cccc(OCC2CCC(C(=O)OC(C)(C)C)CC2)c1)C(C)(C)C. The molecule has 2 rings (SSSR count). The van der Waals surface area contributed by atoms with Crippen LogP contribution in [0.5, 0.6) is 5.75 Å². The van der Waals surface area contributed by atoms with Gasteiger partial charge in [-0.25, -0.2) is 0 Å². The van der Waals surface area contributed by atoms with Gasteiger partial charge in [-0.3, -0.25) is 4.79 Å². The number of ether oxygens (including phenoxy) is 2. The molecule has 1 aliphatic rings. The smallest absolute Gasteiger partial charge is 0.309 e. The molecule has 1 aliphatic carbocycles. The van der Waals surface area contributed by atoms with Gasteiger partial charge in [-0.15, -0.1) is 0 Å². The average Bonchev–Trinajstić information content (AvgIpc) is 2.57. The molecule has 3 heteroatoms. The maximum atomic E-state index is 12.2. The van der Waals surface area contributed by atoms with Crippen molar-refractivity contribution in [2.24, 2.45) is 17.3 Å². The molecule has 0 aliphatic heterocycles. The summed E-state index contributed by atoms with van der Waals surface area (Å²) in [7, 11) is 0. The first-order valence-corrected chi connectivity index (χ1v) is 10.4. The molecule has 0 aromatic heterocycles. The average molecular weight is 375 g/mol. The van der Waals surface area contributed by atoms with Crippen LogP contribution in [0.25, 0.3) is 0 Å². The van der Waals surface area contributed by atoms with Crippen molar-refractivity contribution in [2.75, 3.05) is 6.61 Å². The van der Waals surface area contributed by atoms with Gasteiger partial charge < -0.3 is 9.47 Å². The summed E-state index contributed by atoms with van der Waals surface area (Å²) >= 11 is 0. The lowest BCUT2D eigenvalue weighted by molar-refractivity contribution is -0.161. The van der Waals surface area contributed by atoms with Crippen molar-refractivity contribution in [3.63, 3.8) is 0 Å². The van der Waals surface area contributed by atoms with Crippen LogP contribution >= 0.6 is 0 Å². The van der Waals surface area contributed by atoms with Gasteiger partial charge in [0, 0.05) is 0 Å². The van der Waals surface area contributed by atoms with E-state index in [4.69, 9.17) is 9.47 Å². The van der Waals surface area contributed by atoms with Crippen molar-refractivity contribution >= 4 is 5.97 Å². The molecule has 1 atom stereocenters. The Morgan fingerprint density at radius 3 is 2.26 bits per heavy atom. The van der Waals surface area contributed by atoms with Gasteiger partial charge in [0.2, 0.25) is 0 Å². The third-order valence-electron chi connectivity index (χ3n) is 5.73. The highest BCUT2D eigenvalue weighted by molar-refractivity contribution is 5.72. The third-order valence-corrected chi connectivity index (χ3v) is 5.73. The molecule has 1 unspecified atom stereocenters. The molecule has 1 aromatic rings. The van der Waals surface area contributed by atoms with E-state index in [2.05, 4.69) is 45.9 Å². The van der Waals surface area contributed by atoms with Gasteiger partial charge in [0.15, 0.2) is 0 Å². The molecular formula is C24H38O3. The Morgan fingerprint density at radius 2 is 1.70 bits per heavy atom. The van der Waals surface area contributed by atoms with Crippen LogP contribution in [0.1, 0.15) is 85.6 Å². The first-order valence-electron chi connectivity index (χ1n) is 10.4. The van der Waals surface area contributed by atoms with Crippen molar-refractivity contribution in [1.29, 1.82) is 0 Å². The van der Waals surface area contributed by atoms with E-state index in [1.165, 1.54) is 5.56 Å². The Morgan fingerprint density at radius 1 is 1.07 bits per heavy atom. The lowest BCUT2D eigenvalue weighted by atomic mass is 9.78. The van der Waals surface area contributed by atoms with Crippen LogP contribution in [0, 0.1) is 17.3 Å². The highest BCUT2D eigenvalue weighted by Crippen LogP contribution is 2.36. The summed E-state index contributed by atoms with van der Waals surface area (Å²) in [5.74, 6) is 1.97. The molecule has 0 amide bonds. The highest BCUT2D eigenvalue weighted by Gasteiger charge is 2.30. The normalized spacial score (nSPS) is 22.2. The van der Waals surface area contributed by atoms with Gasteiger partial charge in [-0.1, -0.05) is 39.8 Å². The number of esters is 1. The minimum absolute atomic E-state index is 0.0364. The summed E-state index contributed by atoms with van der Waals surface area (Å²) in [6.07, 6.45) is 3.87. The molecule has 152 valence electrons. The molecule has 1 saturated carbocycles. The van der Waals surface area contributed by atoms with Crippen molar-refractivity contribution in [3.8, 4) is 5.75 Å². The van der Waals surface area contributed by atoms with E-state index >= 15 is 0 Å². The molecule has 3 nitrogen and oxygen atoms in total. The quantitative estimate of drug-likeness (QED) is 0.562. The lowest BCUT2D eigenvalue weighted by Crippen LogP contribution is -2.31. The Kier molecular flexibility index (Phi) is 6.99. The zero-order chi connectivity index (χ0) is 20.2. The second-order valence-electron chi connectivity index (χ2n) is 10.2. The van der Waals surface area contributed by atoms with Gasteiger partial charge in [-0.05, 0) is 81.4 Å². The van der Waals surface area contributed by atoms with Crippen LogP contribution in [0.3, 0.4) is 0 Å². The van der Waals surface area contributed by atoms with Crippen molar-refractivity contribution in [2.45, 2.75) is 85.7 Å². The third kappa shape index (κ3) is 6.86. The fourth-order valence-electron chi connectivity index (χ4n) is 3.54. The Balaban J connectivity index is 1.83. The summed E-state index contributed by atoms with van der Waals surface area (Å²) in [5, 5.41) is 0. The van der Waals surface area contributed by atoms with E-state index in [1.807, 2.05) is 26.8 Å². The van der Waals surface area contributed by atoms with Crippen molar-refractivity contribution < 1.29 is 14.3 Å². The molecule has 0 radical (unpaired) electrons. The molecular weight excluding hydrogens is 336 g/mol. The van der Waals surface area contributed by atoms with Crippen molar-refractivity contribution in [1.82, 2.24) is 0 Å². The lowest BCUT2D eigenvalue weighted by Gasteiger charge is -2.30. The molecule has 1 fully saturated rings. The zero-order valence-corrected chi connectivity index (χ0v) is 18.3. The minimum Gasteiger partial charge on any atom is -0.493 e. The number of carbonyl (C=O) groups excluding carboxylic acids is 1. The number of benzene rings is 1. The van der Waals surface area contributed by atoms with Gasteiger partial charge in [0.05, 0.1) is 12.5 Å². The number of carbonyl (C=O) groups is 1. The molecule has 27 heavy (non-hydrogen) atoms. The summed E-state index contributed by atoms with van der Waals surface area (Å²) in [6.45, 7) is 15.6. The largest absolute Gasteiger partial charge is 0.493 e. The maximum Gasteiger partial charge on any atom is 0.309 e. The molecule has 0 spiro atoms. The van der Waals surface area contributed by atoms with Gasteiger partial charge in [0.1, 0.15) is 11.4 Å². The first kappa shape index (κ1) is 21.8. The van der Waals surface area contributed by atoms with Crippen LogP contribution in [0.15, 0.2) is 24.3 Å². The van der Waals surface area contributed by atoms with Gasteiger partial charge in [0.25, 0.3) is 0 Å². The zero-order valence-electron chi connectivity index (χ0n) is 18.3. The van der Waals surface area contributed by atoms with E-state index in [1.54, 1.807) is 0 Å². The summed E-state index contributed by atoms with van der Waals surface area (Å²) in [6, 6.07) is 8.51. The van der Waals surface area contributed by atoms with Gasteiger partial charge in [-0.2, -0.15) is 0 Å². The minimum atomic E-state index is -0.397.